The van der Waals surface area contributed by atoms with E-state index in [2.05, 4.69) is 10.3 Å². The highest BCUT2D eigenvalue weighted by Gasteiger charge is 2.44. The second kappa shape index (κ2) is 6.18. The van der Waals surface area contributed by atoms with E-state index in [4.69, 9.17) is 0 Å². The zero-order valence-electron chi connectivity index (χ0n) is 11.4. The molecule has 1 aliphatic rings. The Kier molecular flexibility index (Phi) is 4.72. The van der Waals surface area contributed by atoms with E-state index in [1.54, 1.807) is 6.20 Å². The number of urea groups is 1. The van der Waals surface area contributed by atoms with Crippen molar-refractivity contribution >= 4 is 22.5 Å². The molecule has 21 heavy (non-hydrogen) atoms. The summed E-state index contributed by atoms with van der Waals surface area (Å²) in [5, 5.41) is 12.3. The number of hydrogen-bond acceptors (Lipinski definition) is 4. The molecule has 2 N–H and O–H groups in total. The predicted octanol–water partition coefficient (Wildman–Crippen LogP) is 2.62. The van der Waals surface area contributed by atoms with E-state index in [0.29, 0.717) is 5.13 Å². The van der Waals surface area contributed by atoms with E-state index in [1.807, 2.05) is 6.92 Å². The number of carbonyl (C=O) groups is 1. The molecule has 0 aliphatic carbocycles. The van der Waals surface area contributed by atoms with E-state index in [0.717, 1.165) is 4.88 Å². The summed E-state index contributed by atoms with van der Waals surface area (Å²) in [5.41, 5.74) is 0. The summed E-state index contributed by atoms with van der Waals surface area (Å²) in [6, 6.07) is -0.371. The quantitative estimate of drug-likeness (QED) is 0.879. The lowest BCUT2D eigenvalue weighted by Crippen LogP contribution is -2.46. The molecule has 2 rings (SSSR count). The van der Waals surface area contributed by atoms with Crippen LogP contribution >= 0.6 is 11.3 Å². The standard InChI is InChI=1S/C12H16F3N3O2S/c1-7-6-16-10(21-7)17-11(20)18-4-2-8(3-5-18)9(19)12(13,14)15/h6,8-9,19H,2-5H2,1H3,(H,16,17,20). The molecule has 1 aromatic rings. The van der Waals surface area contributed by atoms with Gasteiger partial charge in [-0.15, -0.1) is 11.3 Å². The lowest BCUT2D eigenvalue weighted by Gasteiger charge is -2.34. The van der Waals surface area contributed by atoms with Crippen molar-refractivity contribution in [2.75, 3.05) is 18.4 Å². The summed E-state index contributed by atoms with van der Waals surface area (Å²) < 4.78 is 37.3. The number of amides is 2. The van der Waals surface area contributed by atoms with Crippen LogP contribution in [-0.2, 0) is 0 Å². The number of thiazole rings is 1. The van der Waals surface area contributed by atoms with Crippen molar-refractivity contribution in [2.45, 2.75) is 32.0 Å². The fourth-order valence-electron chi connectivity index (χ4n) is 2.27. The molecule has 0 bridgehead atoms. The number of nitrogens with zero attached hydrogens (tertiary/aromatic N) is 2. The van der Waals surface area contributed by atoms with E-state index < -0.39 is 18.2 Å². The number of likely N-dealkylation sites (tertiary alicyclic amines) is 1. The number of halogens is 3. The first kappa shape index (κ1) is 16.0. The van der Waals surface area contributed by atoms with Gasteiger partial charge in [0, 0.05) is 24.2 Å². The minimum absolute atomic E-state index is 0.130. The molecule has 5 nitrogen and oxygen atoms in total. The van der Waals surface area contributed by atoms with Crippen molar-refractivity contribution < 1.29 is 23.1 Å². The Morgan fingerprint density at radius 3 is 2.62 bits per heavy atom. The second-order valence-electron chi connectivity index (χ2n) is 5.02. The largest absolute Gasteiger partial charge is 0.414 e. The minimum Gasteiger partial charge on any atom is -0.383 e. The predicted molar refractivity (Wildman–Crippen MR) is 72.2 cm³/mol. The summed E-state index contributed by atoms with van der Waals surface area (Å²) in [4.78, 5) is 18.3. The van der Waals surface area contributed by atoms with Crippen LogP contribution in [0.2, 0.25) is 0 Å². The number of rotatable bonds is 2. The number of nitrogens with one attached hydrogen (secondary N) is 1. The average Bonchev–Trinajstić information content (AvgIpc) is 2.82. The summed E-state index contributed by atoms with van der Waals surface area (Å²) in [7, 11) is 0. The first-order valence-corrected chi connectivity index (χ1v) is 7.32. The highest BCUT2D eigenvalue weighted by molar-refractivity contribution is 7.15. The number of hydrogen-bond donors (Lipinski definition) is 2. The SMILES string of the molecule is Cc1cnc(NC(=O)N2CCC(C(O)C(F)(F)F)CC2)s1. The van der Waals surface area contributed by atoms with Gasteiger partial charge in [-0.25, -0.2) is 9.78 Å². The third kappa shape index (κ3) is 4.07. The molecule has 1 atom stereocenters. The maximum atomic E-state index is 12.4. The van der Waals surface area contributed by atoms with Crippen LogP contribution in [0.4, 0.5) is 23.1 Å². The average molecular weight is 323 g/mol. The first-order valence-electron chi connectivity index (χ1n) is 6.50. The van der Waals surface area contributed by atoms with Crippen LogP contribution in [0.1, 0.15) is 17.7 Å². The molecule has 2 heterocycles. The van der Waals surface area contributed by atoms with Gasteiger partial charge in [0.1, 0.15) is 0 Å². The van der Waals surface area contributed by atoms with Crippen molar-refractivity contribution in [3.63, 3.8) is 0 Å². The first-order chi connectivity index (χ1) is 9.77. The number of carbonyl (C=O) groups excluding carboxylic acids is 1. The Morgan fingerprint density at radius 1 is 1.52 bits per heavy atom. The molecule has 0 spiro atoms. The van der Waals surface area contributed by atoms with Gasteiger partial charge in [0.2, 0.25) is 0 Å². The van der Waals surface area contributed by atoms with Gasteiger partial charge in [-0.1, -0.05) is 0 Å². The number of anilines is 1. The second-order valence-corrected chi connectivity index (χ2v) is 6.25. The van der Waals surface area contributed by atoms with Gasteiger partial charge in [-0.3, -0.25) is 5.32 Å². The Balaban J connectivity index is 1.85. The summed E-state index contributed by atoms with van der Waals surface area (Å²) in [5.74, 6) is -0.851. The van der Waals surface area contributed by atoms with Crippen molar-refractivity contribution in [2.24, 2.45) is 5.92 Å². The fraction of sp³-hybridized carbons (Fsp3) is 0.667. The normalized spacial score (nSPS) is 18.6. The Hall–Kier alpha value is -1.35. The van der Waals surface area contributed by atoms with Gasteiger partial charge >= 0.3 is 12.2 Å². The molecule has 1 saturated heterocycles. The number of piperidine rings is 1. The summed E-state index contributed by atoms with van der Waals surface area (Å²) in [6.07, 6.45) is -5.03. The summed E-state index contributed by atoms with van der Waals surface area (Å²) >= 11 is 1.33. The number of aromatic nitrogens is 1. The van der Waals surface area contributed by atoms with Crippen molar-refractivity contribution in [3.8, 4) is 0 Å². The van der Waals surface area contributed by atoms with Gasteiger partial charge in [0.05, 0.1) is 0 Å². The number of aliphatic hydroxyl groups is 1. The molecule has 1 aromatic heterocycles. The maximum Gasteiger partial charge on any atom is 0.414 e. The van der Waals surface area contributed by atoms with Gasteiger partial charge in [-0.2, -0.15) is 13.2 Å². The van der Waals surface area contributed by atoms with Crippen LogP contribution in [0.3, 0.4) is 0 Å². The zero-order chi connectivity index (χ0) is 15.6. The Bertz CT molecular complexity index is 498. The molecular formula is C12H16F3N3O2S. The molecule has 0 aromatic carbocycles. The van der Waals surface area contributed by atoms with E-state index in [-0.39, 0.29) is 32.0 Å². The van der Waals surface area contributed by atoms with Gasteiger partial charge in [0.25, 0.3) is 0 Å². The molecule has 1 fully saturated rings. The zero-order valence-corrected chi connectivity index (χ0v) is 12.2. The van der Waals surface area contributed by atoms with Crippen molar-refractivity contribution in [3.05, 3.63) is 11.1 Å². The topological polar surface area (TPSA) is 65.5 Å². The highest BCUT2D eigenvalue weighted by atomic mass is 32.1. The van der Waals surface area contributed by atoms with E-state index >= 15 is 0 Å². The monoisotopic (exact) mass is 323 g/mol. The van der Waals surface area contributed by atoms with Crippen LogP contribution in [-0.4, -0.2) is 46.4 Å². The van der Waals surface area contributed by atoms with E-state index in [9.17, 15) is 23.1 Å². The molecule has 2 amide bonds. The third-order valence-electron chi connectivity index (χ3n) is 3.44. The van der Waals surface area contributed by atoms with Crippen LogP contribution in [0.25, 0.3) is 0 Å². The fourth-order valence-corrected chi connectivity index (χ4v) is 2.92. The highest BCUT2D eigenvalue weighted by Crippen LogP contribution is 2.31. The molecule has 9 heteroatoms. The smallest absolute Gasteiger partial charge is 0.383 e. The van der Waals surface area contributed by atoms with Crippen LogP contribution in [0.5, 0.6) is 0 Å². The van der Waals surface area contributed by atoms with E-state index in [1.165, 1.54) is 16.2 Å². The van der Waals surface area contributed by atoms with Crippen molar-refractivity contribution in [1.29, 1.82) is 0 Å². The van der Waals surface area contributed by atoms with Crippen molar-refractivity contribution in [1.82, 2.24) is 9.88 Å². The molecule has 1 unspecified atom stereocenters. The Labute approximate surface area is 123 Å². The number of alkyl halides is 3. The number of aryl methyl sites for hydroxylation is 1. The molecule has 118 valence electrons. The van der Waals surface area contributed by atoms with Crippen LogP contribution in [0, 0.1) is 12.8 Å². The van der Waals surface area contributed by atoms with Crippen LogP contribution < -0.4 is 5.32 Å². The molecular weight excluding hydrogens is 307 g/mol. The van der Waals surface area contributed by atoms with Gasteiger partial charge in [-0.05, 0) is 25.7 Å². The lowest BCUT2D eigenvalue weighted by molar-refractivity contribution is -0.222. The molecule has 0 saturated carbocycles. The molecule has 1 aliphatic heterocycles. The minimum atomic E-state index is -4.60. The number of aliphatic hydroxyl groups excluding tert-OH is 1. The third-order valence-corrected chi connectivity index (χ3v) is 4.27. The molecule has 0 radical (unpaired) electrons. The van der Waals surface area contributed by atoms with Gasteiger partial charge < -0.3 is 10.0 Å². The van der Waals surface area contributed by atoms with Crippen LogP contribution in [0.15, 0.2) is 6.20 Å². The maximum absolute atomic E-state index is 12.4. The lowest BCUT2D eigenvalue weighted by atomic mass is 9.91. The summed E-state index contributed by atoms with van der Waals surface area (Å²) in [6.45, 7) is 2.24. The Morgan fingerprint density at radius 2 is 2.14 bits per heavy atom. The van der Waals surface area contributed by atoms with Gasteiger partial charge in [0.15, 0.2) is 11.2 Å².